The number of rotatable bonds is 7. The number of halogens is 2. The average molecular weight is 287 g/mol. The van der Waals surface area contributed by atoms with Crippen LogP contribution in [0.4, 0.5) is 4.39 Å². The van der Waals surface area contributed by atoms with E-state index < -0.39 is 5.82 Å². The van der Waals surface area contributed by atoms with E-state index in [9.17, 15) is 4.39 Å². The van der Waals surface area contributed by atoms with Crippen LogP contribution >= 0.6 is 11.6 Å². The molecule has 0 saturated carbocycles. The van der Waals surface area contributed by atoms with Crippen LogP contribution in [0.25, 0.3) is 0 Å². The third kappa shape index (κ3) is 4.71. The summed E-state index contributed by atoms with van der Waals surface area (Å²) in [7, 11) is 0. The smallest absolute Gasteiger partial charge is 0.183 e. The third-order valence-corrected chi connectivity index (χ3v) is 3.39. The fourth-order valence-corrected chi connectivity index (χ4v) is 1.75. The Morgan fingerprint density at radius 3 is 2.74 bits per heavy atom. The molecule has 1 aromatic carbocycles. The molecule has 0 aliphatic heterocycles. The van der Waals surface area contributed by atoms with E-state index >= 15 is 0 Å². The van der Waals surface area contributed by atoms with Gasteiger partial charge >= 0.3 is 0 Å². The van der Waals surface area contributed by atoms with E-state index in [-0.39, 0.29) is 22.0 Å². The highest BCUT2D eigenvalue weighted by molar-refractivity contribution is 6.30. The lowest BCUT2D eigenvalue weighted by Crippen LogP contribution is -2.30. The van der Waals surface area contributed by atoms with Gasteiger partial charge in [-0.3, -0.25) is 5.41 Å². The molecule has 0 amide bonds. The average Bonchev–Trinajstić information content (AvgIpc) is 2.33. The molecule has 106 valence electrons. The summed E-state index contributed by atoms with van der Waals surface area (Å²) in [5.41, 5.74) is 5.21. The molecule has 0 heterocycles. The van der Waals surface area contributed by atoms with Gasteiger partial charge in [-0.2, -0.15) is 0 Å². The number of amidine groups is 1. The molecule has 0 radical (unpaired) electrons. The maximum Gasteiger partial charge on any atom is 0.183 e. The quantitative estimate of drug-likeness (QED) is 0.452. The summed E-state index contributed by atoms with van der Waals surface area (Å²) < 4.78 is 18.9. The fourth-order valence-electron chi connectivity index (χ4n) is 1.58. The van der Waals surface area contributed by atoms with Gasteiger partial charge < -0.3 is 10.5 Å². The molecule has 0 aliphatic rings. The standard InChI is InChI=1S/C14H20ClFN2O/c1-14(2,13(17)18)8-3-4-9-19-11-7-5-6-10(15)12(11)16/h5-7H,3-4,8-9H2,1-2H3,(H3,17,18). The van der Waals surface area contributed by atoms with Crippen molar-refractivity contribution in [3.8, 4) is 5.75 Å². The molecule has 1 aromatic rings. The minimum absolute atomic E-state index is 0.0650. The predicted molar refractivity (Wildman–Crippen MR) is 76.5 cm³/mol. The first kappa shape index (κ1) is 15.8. The van der Waals surface area contributed by atoms with E-state index in [2.05, 4.69) is 0 Å². The van der Waals surface area contributed by atoms with Crippen LogP contribution in [-0.2, 0) is 0 Å². The van der Waals surface area contributed by atoms with E-state index in [1.807, 2.05) is 13.8 Å². The van der Waals surface area contributed by atoms with Gasteiger partial charge in [0, 0.05) is 5.41 Å². The lowest BCUT2D eigenvalue weighted by atomic mass is 9.86. The van der Waals surface area contributed by atoms with Gasteiger partial charge in [-0.25, -0.2) is 4.39 Å². The van der Waals surface area contributed by atoms with Crippen molar-refractivity contribution in [2.75, 3.05) is 6.61 Å². The van der Waals surface area contributed by atoms with Crippen molar-refractivity contribution < 1.29 is 9.13 Å². The zero-order valence-electron chi connectivity index (χ0n) is 11.3. The maximum atomic E-state index is 13.5. The van der Waals surface area contributed by atoms with E-state index in [1.54, 1.807) is 12.1 Å². The number of benzene rings is 1. The minimum Gasteiger partial charge on any atom is -0.490 e. The van der Waals surface area contributed by atoms with Crippen LogP contribution in [0.15, 0.2) is 18.2 Å². The van der Waals surface area contributed by atoms with E-state index in [0.717, 1.165) is 19.3 Å². The summed E-state index contributed by atoms with van der Waals surface area (Å²) in [6.07, 6.45) is 2.46. The second-order valence-corrected chi connectivity index (χ2v) is 5.56. The van der Waals surface area contributed by atoms with Gasteiger partial charge in [-0.15, -0.1) is 0 Å². The number of nitrogens with one attached hydrogen (secondary N) is 1. The van der Waals surface area contributed by atoms with Crippen molar-refractivity contribution in [2.24, 2.45) is 11.1 Å². The highest BCUT2D eigenvalue weighted by atomic mass is 35.5. The molecule has 0 bridgehead atoms. The molecule has 0 atom stereocenters. The Morgan fingerprint density at radius 1 is 1.42 bits per heavy atom. The van der Waals surface area contributed by atoms with Gasteiger partial charge in [0.1, 0.15) is 0 Å². The second kappa shape index (κ2) is 6.75. The molecular weight excluding hydrogens is 267 g/mol. The SMILES string of the molecule is CC(C)(CCCCOc1cccc(Cl)c1F)C(=N)N. The third-order valence-electron chi connectivity index (χ3n) is 3.10. The topological polar surface area (TPSA) is 59.1 Å². The Morgan fingerprint density at radius 2 is 2.11 bits per heavy atom. The van der Waals surface area contributed by atoms with Crippen LogP contribution in [0.1, 0.15) is 33.1 Å². The van der Waals surface area contributed by atoms with Crippen LogP contribution in [-0.4, -0.2) is 12.4 Å². The lowest BCUT2D eigenvalue weighted by Gasteiger charge is -2.22. The van der Waals surface area contributed by atoms with Crippen molar-refractivity contribution in [1.82, 2.24) is 0 Å². The zero-order chi connectivity index (χ0) is 14.5. The first-order valence-electron chi connectivity index (χ1n) is 6.26. The highest BCUT2D eigenvalue weighted by Gasteiger charge is 2.20. The first-order valence-corrected chi connectivity index (χ1v) is 6.63. The monoisotopic (exact) mass is 286 g/mol. The lowest BCUT2D eigenvalue weighted by molar-refractivity contribution is 0.283. The Kier molecular flexibility index (Phi) is 5.60. The molecule has 0 fully saturated rings. The summed E-state index contributed by atoms with van der Waals surface area (Å²) in [5, 5.41) is 7.51. The fraction of sp³-hybridized carbons (Fsp3) is 0.500. The molecule has 3 N–H and O–H groups in total. The van der Waals surface area contributed by atoms with E-state index in [0.29, 0.717) is 6.61 Å². The van der Waals surface area contributed by atoms with Crippen LogP contribution in [0.5, 0.6) is 5.75 Å². The summed E-state index contributed by atoms with van der Waals surface area (Å²) >= 11 is 5.66. The summed E-state index contributed by atoms with van der Waals surface area (Å²) in [6, 6.07) is 4.69. The Labute approximate surface area is 118 Å². The van der Waals surface area contributed by atoms with E-state index in [4.69, 9.17) is 27.5 Å². The molecule has 0 spiro atoms. The molecular formula is C14H20ClFN2O. The van der Waals surface area contributed by atoms with Crippen LogP contribution in [0.3, 0.4) is 0 Å². The Bertz CT molecular complexity index is 449. The normalized spacial score (nSPS) is 11.4. The summed E-state index contributed by atoms with van der Waals surface area (Å²) in [4.78, 5) is 0. The number of ether oxygens (including phenoxy) is 1. The van der Waals surface area contributed by atoms with Crippen molar-refractivity contribution in [3.05, 3.63) is 29.0 Å². The molecule has 1 rings (SSSR count). The molecule has 0 unspecified atom stereocenters. The number of hydrogen-bond acceptors (Lipinski definition) is 2. The Hall–Kier alpha value is -1.29. The van der Waals surface area contributed by atoms with Crippen molar-refractivity contribution in [1.29, 1.82) is 5.41 Å². The minimum atomic E-state index is -0.520. The molecule has 19 heavy (non-hydrogen) atoms. The zero-order valence-corrected chi connectivity index (χ0v) is 12.1. The number of unbranched alkanes of at least 4 members (excludes halogenated alkanes) is 1. The maximum absolute atomic E-state index is 13.5. The van der Waals surface area contributed by atoms with Gasteiger partial charge in [0.05, 0.1) is 17.5 Å². The highest BCUT2D eigenvalue weighted by Crippen LogP contribution is 2.25. The number of nitrogens with two attached hydrogens (primary N) is 1. The largest absolute Gasteiger partial charge is 0.490 e. The predicted octanol–water partition coefficient (Wildman–Crippen LogP) is 3.99. The Balaban J connectivity index is 2.32. The van der Waals surface area contributed by atoms with Crippen LogP contribution in [0.2, 0.25) is 5.02 Å². The van der Waals surface area contributed by atoms with Crippen molar-refractivity contribution in [3.63, 3.8) is 0 Å². The molecule has 0 aliphatic carbocycles. The van der Waals surface area contributed by atoms with Crippen LogP contribution in [0, 0.1) is 16.6 Å². The van der Waals surface area contributed by atoms with Gasteiger partial charge in [-0.1, -0.05) is 31.5 Å². The van der Waals surface area contributed by atoms with Crippen LogP contribution < -0.4 is 10.5 Å². The summed E-state index contributed by atoms with van der Waals surface area (Å²) in [6.45, 7) is 4.30. The molecule has 0 saturated heterocycles. The molecule has 0 aromatic heterocycles. The van der Waals surface area contributed by atoms with Gasteiger partial charge in [0.2, 0.25) is 0 Å². The van der Waals surface area contributed by atoms with Gasteiger partial charge in [0.15, 0.2) is 11.6 Å². The molecule has 3 nitrogen and oxygen atoms in total. The number of hydrogen-bond donors (Lipinski definition) is 2. The summed E-state index contributed by atoms with van der Waals surface area (Å²) in [5.74, 6) is -0.152. The van der Waals surface area contributed by atoms with Crippen molar-refractivity contribution in [2.45, 2.75) is 33.1 Å². The second-order valence-electron chi connectivity index (χ2n) is 5.16. The van der Waals surface area contributed by atoms with Gasteiger partial charge in [-0.05, 0) is 31.4 Å². The van der Waals surface area contributed by atoms with Gasteiger partial charge in [0.25, 0.3) is 0 Å². The first-order chi connectivity index (χ1) is 8.84. The van der Waals surface area contributed by atoms with Crippen molar-refractivity contribution >= 4 is 17.4 Å². The molecule has 5 heteroatoms. The van der Waals surface area contributed by atoms with E-state index in [1.165, 1.54) is 6.07 Å².